The summed E-state index contributed by atoms with van der Waals surface area (Å²) in [5.41, 5.74) is 3.13. The van der Waals surface area contributed by atoms with Gasteiger partial charge in [0.25, 0.3) is 0 Å². The molecule has 0 radical (unpaired) electrons. The van der Waals surface area contributed by atoms with Crippen LogP contribution >= 0.6 is 11.6 Å². The van der Waals surface area contributed by atoms with Gasteiger partial charge in [-0.15, -0.1) is 0 Å². The van der Waals surface area contributed by atoms with Crippen LogP contribution in [0.5, 0.6) is 0 Å². The Hall–Kier alpha value is -1.28. The summed E-state index contributed by atoms with van der Waals surface area (Å²) in [6.45, 7) is 6.25. The molecule has 0 saturated heterocycles. The lowest BCUT2D eigenvalue weighted by Gasteiger charge is -1.98. The number of H-pyrrole nitrogens is 1. The quantitative estimate of drug-likeness (QED) is 0.831. The third-order valence-electron chi connectivity index (χ3n) is 2.55. The van der Waals surface area contributed by atoms with Crippen LogP contribution < -0.4 is 0 Å². The van der Waals surface area contributed by atoms with Crippen LogP contribution in [0.1, 0.15) is 31.2 Å². The molecular weight excluding hydrogens is 220 g/mol. The average molecular weight is 235 g/mol. The first-order valence-electron chi connectivity index (χ1n) is 5.40. The van der Waals surface area contributed by atoms with Crippen molar-refractivity contribution < 1.29 is 0 Å². The lowest BCUT2D eigenvalue weighted by atomic mass is 10.1. The first-order valence-corrected chi connectivity index (χ1v) is 5.78. The Balaban J connectivity index is 2.44. The molecule has 1 aromatic carbocycles. The van der Waals surface area contributed by atoms with Gasteiger partial charge in [-0.1, -0.05) is 55.3 Å². The smallest absolute Gasteiger partial charge is 0.134 e. The Morgan fingerprint density at radius 3 is 2.31 bits per heavy atom. The van der Waals surface area contributed by atoms with Crippen LogP contribution in [0.25, 0.3) is 11.3 Å². The highest BCUT2D eigenvalue weighted by atomic mass is 35.5. The summed E-state index contributed by atoms with van der Waals surface area (Å²) in [7, 11) is 0. The van der Waals surface area contributed by atoms with E-state index in [4.69, 9.17) is 11.6 Å². The van der Waals surface area contributed by atoms with E-state index in [2.05, 4.69) is 42.9 Å². The van der Waals surface area contributed by atoms with Gasteiger partial charge >= 0.3 is 0 Å². The Morgan fingerprint density at radius 1 is 1.19 bits per heavy atom. The van der Waals surface area contributed by atoms with Gasteiger partial charge in [-0.25, -0.2) is 4.98 Å². The van der Waals surface area contributed by atoms with Gasteiger partial charge in [0.1, 0.15) is 16.7 Å². The summed E-state index contributed by atoms with van der Waals surface area (Å²) >= 11 is 6.15. The van der Waals surface area contributed by atoms with Crippen molar-refractivity contribution >= 4 is 11.6 Å². The Labute approximate surface area is 101 Å². The van der Waals surface area contributed by atoms with E-state index in [1.54, 1.807) is 0 Å². The number of halogens is 1. The van der Waals surface area contributed by atoms with E-state index in [-0.39, 0.29) is 0 Å². The van der Waals surface area contributed by atoms with Crippen molar-refractivity contribution in [2.45, 2.75) is 26.7 Å². The van der Waals surface area contributed by atoms with Crippen LogP contribution in [0.3, 0.4) is 0 Å². The number of nitrogens with zero attached hydrogens (tertiary/aromatic N) is 1. The SMILES string of the molecule is Cc1ccc(-c2nc(C(C)C)[nH]c2Cl)cc1. The van der Waals surface area contributed by atoms with Gasteiger partial charge in [0.05, 0.1) is 0 Å². The summed E-state index contributed by atoms with van der Waals surface area (Å²) in [6, 6.07) is 8.22. The largest absolute Gasteiger partial charge is 0.332 e. The fourth-order valence-electron chi connectivity index (χ4n) is 1.55. The van der Waals surface area contributed by atoms with Gasteiger partial charge in [-0.3, -0.25) is 0 Å². The predicted octanol–water partition coefficient (Wildman–Crippen LogP) is 4.16. The van der Waals surface area contributed by atoms with Gasteiger partial charge < -0.3 is 4.98 Å². The van der Waals surface area contributed by atoms with E-state index in [1.807, 2.05) is 12.1 Å². The maximum absolute atomic E-state index is 6.15. The second kappa shape index (κ2) is 4.30. The molecule has 3 heteroatoms. The molecule has 2 rings (SSSR count). The third kappa shape index (κ3) is 2.12. The minimum atomic E-state index is 0.358. The van der Waals surface area contributed by atoms with Crippen molar-refractivity contribution in [2.24, 2.45) is 0 Å². The number of nitrogens with one attached hydrogen (secondary N) is 1. The zero-order chi connectivity index (χ0) is 11.7. The number of imidazole rings is 1. The minimum Gasteiger partial charge on any atom is -0.332 e. The van der Waals surface area contributed by atoms with E-state index < -0.39 is 0 Å². The number of aryl methyl sites for hydroxylation is 1. The number of aromatic amines is 1. The Bertz CT molecular complexity index is 483. The molecule has 84 valence electrons. The van der Waals surface area contributed by atoms with Crippen molar-refractivity contribution in [1.82, 2.24) is 9.97 Å². The highest BCUT2D eigenvalue weighted by Gasteiger charge is 2.12. The highest BCUT2D eigenvalue weighted by molar-refractivity contribution is 6.31. The molecule has 2 aromatic rings. The monoisotopic (exact) mass is 234 g/mol. The molecule has 0 aliphatic carbocycles. The topological polar surface area (TPSA) is 28.7 Å². The van der Waals surface area contributed by atoms with E-state index in [0.717, 1.165) is 17.1 Å². The fourth-order valence-corrected chi connectivity index (χ4v) is 1.79. The number of hydrogen-bond donors (Lipinski definition) is 1. The van der Waals surface area contributed by atoms with Gasteiger partial charge in [0.15, 0.2) is 0 Å². The first kappa shape index (κ1) is 11.2. The molecule has 0 amide bonds. The number of rotatable bonds is 2. The van der Waals surface area contributed by atoms with Gasteiger partial charge in [-0.2, -0.15) is 0 Å². The normalized spacial score (nSPS) is 11.1. The summed E-state index contributed by atoms with van der Waals surface area (Å²) in [4.78, 5) is 7.63. The number of aromatic nitrogens is 2. The number of hydrogen-bond acceptors (Lipinski definition) is 1. The van der Waals surface area contributed by atoms with E-state index in [0.29, 0.717) is 11.1 Å². The van der Waals surface area contributed by atoms with Crippen molar-refractivity contribution in [1.29, 1.82) is 0 Å². The highest BCUT2D eigenvalue weighted by Crippen LogP contribution is 2.27. The molecule has 0 bridgehead atoms. The van der Waals surface area contributed by atoms with E-state index in [1.165, 1.54) is 5.56 Å². The van der Waals surface area contributed by atoms with Crippen molar-refractivity contribution in [3.05, 3.63) is 40.8 Å². The van der Waals surface area contributed by atoms with Crippen LogP contribution in [0, 0.1) is 6.92 Å². The summed E-state index contributed by atoms with van der Waals surface area (Å²) in [5, 5.41) is 0.618. The molecule has 0 aliphatic rings. The fraction of sp³-hybridized carbons (Fsp3) is 0.308. The van der Waals surface area contributed by atoms with Crippen molar-refractivity contribution in [3.63, 3.8) is 0 Å². The van der Waals surface area contributed by atoms with Crippen LogP contribution in [-0.4, -0.2) is 9.97 Å². The second-order valence-electron chi connectivity index (χ2n) is 4.31. The maximum Gasteiger partial charge on any atom is 0.134 e. The van der Waals surface area contributed by atoms with E-state index >= 15 is 0 Å². The molecule has 0 spiro atoms. The van der Waals surface area contributed by atoms with Crippen LogP contribution in [-0.2, 0) is 0 Å². The summed E-state index contributed by atoms with van der Waals surface area (Å²) < 4.78 is 0. The predicted molar refractivity (Wildman–Crippen MR) is 67.9 cm³/mol. The molecule has 0 unspecified atom stereocenters. The molecule has 0 atom stereocenters. The van der Waals surface area contributed by atoms with E-state index in [9.17, 15) is 0 Å². The zero-order valence-corrected chi connectivity index (χ0v) is 10.5. The number of benzene rings is 1. The summed E-state index contributed by atoms with van der Waals surface area (Å²) in [6.07, 6.45) is 0. The Kier molecular flexibility index (Phi) is 3.01. The molecule has 16 heavy (non-hydrogen) atoms. The molecular formula is C13H15ClN2. The molecule has 0 aliphatic heterocycles. The summed E-state index contributed by atoms with van der Waals surface area (Å²) in [5.74, 6) is 1.29. The van der Waals surface area contributed by atoms with Gasteiger partial charge in [-0.05, 0) is 6.92 Å². The average Bonchev–Trinajstić information content (AvgIpc) is 2.62. The molecule has 0 saturated carbocycles. The Morgan fingerprint density at radius 2 is 1.81 bits per heavy atom. The molecule has 2 nitrogen and oxygen atoms in total. The second-order valence-corrected chi connectivity index (χ2v) is 4.68. The van der Waals surface area contributed by atoms with Gasteiger partial charge in [0, 0.05) is 11.5 Å². The standard InChI is InChI=1S/C13H15ClN2/c1-8(2)13-15-11(12(14)16-13)10-6-4-9(3)5-7-10/h4-8H,1-3H3,(H,15,16). The van der Waals surface area contributed by atoms with Gasteiger partial charge in [0.2, 0.25) is 0 Å². The van der Waals surface area contributed by atoms with Crippen molar-refractivity contribution in [2.75, 3.05) is 0 Å². The lowest BCUT2D eigenvalue weighted by molar-refractivity contribution is 0.795. The third-order valence-corrected chi connectivity index (χ3v) is 2.82. The van der Waals surface area contributed by atoms with Crippen LogP contribution in [0.2, 0.25) is 5.15 Å². The molecule has 0 fully saturated rings. The lowest BCUT2D eigenvalue weighted by Crippen LogP contribution is -1.89. The van der Waals surface area contributed by atoms with Crippen molar-refractivity contribution in [3.8, 4) is 11.3 Å². The van der Waals surface area contributed by atoms with Crippen LogP contribution in [0.4, 0.5) is 0 Å². The maximum atomic E-state index is 6.15. The first-order chi connectivity index (χ1) is 7.58. The van der Waals surface area contributed by atoms with Crippen LogP contribution in [0.15, 0.2) is 24.3 Å². The minimum absolute atomic E-state index is 0.358. The molecule has 1 N–H and O–H groups in total. The molecule has 1 heterocycles. The molecule has 1 aromatic heterocycles. The zero-order valence-electron chi connectivity index (χ0n) is 9.71.